The molecular formula is C16H20N4O3S2. The van der Waals surface area contributed by atoms with E-state index in [-0.39, 0.29) is 16.6 Å². The summed E-state index contributed by atoms with van der Waals surface area (Å²) in [5, 5.41) is 3.43. The van der Waals surface area contributed by atoms with Crippen molar-refractivity contribution < 1.29 is 13.2 Å². The molecule has 0 bridgehead atoms. The van der Waals surface area contributed by atoms with Crippen molar-refractivity contribution in [1.82, 2.24) is 14.3 Å². The van der Waals surface area contributed by atoms with E-state index in [4.69, 9.17) is 0 Å². The van der Waals surface area contributed by atoms with Crippen LogP contribution in [0.2, 0.25) is 0 Å². The molecule has 134 valence electrons. The molecule has 0 fully saturated rings. The Morgan fingerprint density at radius 1 is 1.20 bits per heavy atom. The number of aromatic nitrogens is 2. The number of nitrogens with zero attached hydrogens (tertiary/aromatic N) is 3. The topological polar surface area (TPSA) is 92.3 Å². The van der Waals surface area contributed by atoms with Gasteiger partial charge in [-0.05, 0) is 38.1 Å². The van der Waals surface area contributed by atoms with Crippen molar-refractivity contribution >= 4 is 33.4 Å². The van der Waals surface area contributed by atoms with Crippen molar-refractivity contribution in [2.45, 2.75) is 23.8 Å². The summed E-state index contributed by atoms with van der Waals surface area (Å²) in [6, 6.07) is 7.99. The van der Waals surface area contributed by atoms with Gasteiger partial charge in [-0.3, -0.25) is 4.79 Å². The van der Waals surface area contributed by atoms with Gasteiger partial charge in [-0.15, -0.1) is 0 Å². The number of hydrogen-bond acceptors (Lipinski definition) is 6. The van der Waals surface area contributed by atoms with Crippen molar-refractivity contribution in [2.75, 3.05) is 25.2 Å². The SMILES string of the molecule is Cc1cc(SCC(=O)Nc2cccc(S(=O)(=O)N(C)C)c2)nc(C)n1. The van der Waals surface area contributed by atoms with Gasteiger partial charge in [0.15, 0.2) is 0 Å². The summed E-state index contributed by atoms with van der Waals surface area (Å²) in [6.45, 7) is 3.67. The lowest BCUT2D eigenvalue weighted by atomic mass is 10.3. The molecule has 0 spiro atoms. The fourth-order valence-electron chi connectivity index (χ4n) is 2.04. The molecule has 0 aliphatic rings. The highest BCUT2D eigenvalue weighted by Gasteiger charge is 2.17. The Balaban J connectivity index is 2.03. The lowest BCUT2D eigenvalue weighted by molar-refractivity contribution is -0.113. The number of amides is 1. The van der Waals surface area contributed by atoms with Gasteiger partial charge in [-0.25, -0.2) is 22.7 Å². The highest BCUT2D eigenvalue weighted by molar-refractivity contribution is 7.99. The number of sulfonamides is 1. The lowest BCUT2D eigenvalue weighted by Crippen LogP contribution is -2.22. The van der Waals surface area contributed by atoms with Crippen LogP contribution < -0.4 is 5.32 Å². The molecule has 0 saturated carbocycles. The molecule has 1 amide bonds. The zero-order valence-corrected chi connectivity index (χ0v) is 16.1. The van der Waals surface area contributed by atoms with E-state index in [1.807, 2.05) is 13.0 Å². The largest absolute Gasteiger partial charge is 0.325 e. The maximum Gasteiger partial charge on any atom is 0.242 e. The van der Waals surface area contributed by atoms with Gasteiger partial charge in [0.05, 0.1) is 10.6 Å². The van der Waals surface area contributed by atoms with Crippen LogP contribution in [0.3, 0.4) is 0 Å². The summed E-state index contributed by atoms with van der Waals surface area (Å²) in [5.41, 5.74) is 1.28. The first-order chi connectivity index (χ1) is 11.7. The average Bonchev–Trinajstić information content (AvgIpc) is 2.52. The third-order valence-electron chi connectivity index (χ3n) is 3.19. The van der Waals surface area contributed by atoms with E-state index in [1.54, 1.807) is 19.1 Å². The molecule has 0 aliphatic heterocycles. The van der Waals surface area contributed by atoms with E-state index < -0.39 is 10.0 Å². The first-order valence-electron chi connectivity index (χ1n) is 7.46. The Morgan fingerprint density at radius 3 is 2.56 bits per heavy atom. The predicted molar refractivity (Wildman–Crippen MR) is 98.2 cm³/mol. The molecule has 1 aromatic heterocycles. The number of thioether (sulfide) groups is 1. The molecule has 0 radical (unpaired) electrons. The molecule has 2 aromatic rings. The molecule has 9 heteroatoms. The number of rotatable bonds is 6. The number of nitrogens with one attached hydrogen (secondary N) is 1. The first-order valence-corrected chi connectivity index (χ1v) is 9.88. The Labute approximate surface area is 151 Å². The quantitative estimate of drug-likeness (QED) is 0.609. The number of carbonyl (C=O) groups is 1. The van der Waals surface area contributed by atoms with Gasteiger partial charge in [-0.2, -0.15) is 0 Å². The van der Waals surface area contributed by atoms with Gasteiger partial charge in [0.1, 0.15) is 10.9 Å². The molecule has 1 aromatic carbocycles. The maximum atomic E-state index is 12.1. The van der Waals surface area contributed by atoms with Gasteiger partial charge in [-0.1, -0.05) is 17.8 Å². The second-order valence-corrected chi connectivity index (χ2v) is 8.69. The van der Waals surface area contributed by atoms with Crippen molar-refractivity contribution in [3.63, 3.8) is 0 Å². The Kier molecular flexibility index (Phi) is 6.15. The normalized spacial score (nSPS) is 11.6. The third-order valence-corrected chi connectivity index (χ3v) is 5.91. The van der Waals surface area contributed by atoms with E-state index in [2.05, 4.69) is 15.3 Å². The first kappa shape index (κ1) is 19.4. The summed E-state index contributed by atoms with van der Waals surface area (Å²) < 4.78 is 25.4. The number of benzene rings is 1. The Morgan fingerprint density at radius 2 is 1.92 bits per heavy atom. The van der Waals surface area contributed by atoms with E-state index >= 15 is 0 Å². The average molecular weight is 380 g/mol. The molecule has 2 rings (SSSR count). The summed E-state index contributed by atoms with van der Waals surface area (Å²) in [5.74, 6) is 0.586. The number of hydrogen-bond donors (Lipinski definition) is 1. The van der Waals surface area contributed by atoms with Crippen molar-refractivity contribution in [3.05, 3.63) is 41.9 Å². The Hall–Kier alpha value is -1.97. The van der Waals surface area contributed by atoms with E-state index in [9.17, 15) is 13.2 Å². The summed E-state index contributed by atoms with van der Waals surface area (Å²) in [7, 11) is -0.618. The molecule has 1 heterocycles. The second-order valence-electron chi connectivity index (χ2n) is 5.55. The molecule has 1 N–H and O–H groups in total. The predicted octanol–water partition coefficient (Wildman–Crippen LogP) is 2.07. The van der Waals surface area contributed by atoms with Crippen LogP contribution in [0.4, 0.5) is 5.69 Å². The molecule has 0 unspecified atom stereocenters. The smallest absolute Gasteiger partial charge is 0.242 e. The third kappa shape index (κ3) is 5.25. The fourth-order valence-corrected chi connectivity index (χ4v) is 3.79. The minimum atomic E-state index is -3.54. The zero-order chi connectivity index (χ0) is 18.6. The number of anilines is 1. The van der Waals surface area contributed by atoms with E-state index in [0.29, 0.717) is 11.5 Å². The fraction of sp³-hybridized carbons (Fsp3) is 0.312. The Bertz CT molecular complexity index is 862. The molecule has 0 atom stereocenters. The van der Waals surface area contributed by atoms with Gasteiger partial charge in [0, 0.05) is 25.5 Å². The van der Waals surface area contributed by atoms with Crippen LogP contribution in [0, 0.1) is 13.8 Å². The lowest BCUT2D eigenvalue weighted by Gasteiger charge is -2.12. The standard InChI is InChI=1S/C16H20N4O3S2/c1-11-8-16(18-12(2)17-11)24-10-15(21)19-13-6-5-7-14(9-13)25(22,23)20(3)4/h5-9H,10H2,1-4H3,(H,19,21). The van der Waals surface area contributed by atoms with Crippen LogP contribution in [-0.2, 0) is 14.8 Å². The van der Waals surface area contributed by atoms with Crippen molar-refractivity contribution in [2.24, 2.45) is 0 Å². The van der Waals surface area contributed by atoms with Crippen molar-refractivity contribution in [1.29, 1.82) is 0 Å². The van der Waals surface area contributed by atoms with E-state index in [0.717, 1.165) is 15.0 Å². The van der Waals surface area contributed by atoms with Gasteiger partial charge < -0.3 is 5.32 Å². The second kappa shape index (κ2) is 7.94. The number of carbonyl (C=O) groups excluding carboxylic acids is 1. The van der Waals surface area contributed by atoms with Crippen LogP contribution >= 0.6 is 11.8 Å². The van der Waals surface area contributed by atoms with Gasteiger partial charge >= 0.3 is 0 Å². The molecule has 0 saturated heterocycles. The highest BCUT2D eigenvalue weighted by Crippen LogP contribution is 2.20. The van der Waals surface area contributed by atoms with Crippen LogP contribution in [0.1, 0.15) is 11.5 Å². The zero-order valence-electron chi connectivity index (χ0n) is 14.5. The van der Waals surface area contributed by atoms with Gasteiger partial charge in [0.25, 0.3) is 0 Å². The van der Waals surface area contributed by atoms with Crippen LogP contribution in [0.15, 0.2) is 40.3 Å². The molecule has 25 heavy (non-hydrogen) atoms. The van der Waals surface area contributed by atoms with E-state index in [1.165, 1.54) is 38.0 Å². The number of aryl methyl sites for hydroxylation is 2. The molecule has 0 aliphatic carbocycles. The summed E-state index contributed by atoms with van der Waals surface area (Å²) in [6.07, 6.45) is 0. The monoisotopic (exact) mass is 380 g/mol. The minimum absolute atomic E-state index is 0.130. The van der Waals surface area contributed by atoms with Gasteiger partial charge in [0.2, 0.25) is 15.9 Å². The van der Waals surface area contributed by atoms with Crippen LogP contribution in [0.5, 0.6) is 0 Å². The van der Waals surface area contributed by atoms with Crippen LogP contribution in [0.25, 0.3) is 0 Å². The van der Waals surface area contributed by atoms with Crippen molar-refractivity contribution in [3.8, 4) is 0 Å². The van der Waals surface area contributed by atoms with Crippen LogP contribution in [-0.4, -0.2) is 48.4 Å². The summed E-state index contributed by atoms with van der Waals surface area (Å²) >= 11 is 1.30. The maximum absolute atomic E-state index is 12.1. The molecule has 7 nitrogen and oxygen atoms in total. The minimum Gasteiger partial charge on any atom is -0.325 e. The highest BCUT2D eigenvalue weighted by atomic mass is 32.2. The summed E-state index contributed by atoms with van der Waals surface area (Å²) in [4.78, 5) is 20.7. The molecular weight excluding hydrogens is 360 g/mol.